The van der Waals surface area contributed by atoms with Crippen LogP contribution in [0.2, 0.25) is 0 Å². The summed E-state index contributed by atoms with van der Waals surface area (Å²) < 4.78 is 13.6. The van der Waals surface area contributed by atoms with Crippen LogP contribution in [-0.2, 0) is 9.59 Å². The largest absolute Gasteiger partial charge is 0.480 e. The zero-order valence-electron chi connectivity index (χ0n) is 12.7. The van der Waals surface area contributed by atoms with Crippen LogP contribution in [0.15, 0.2) is 18.2 Å². The van der Waals surface area contributed by atoms with Crippen LogP contribution >= 0.6 is 0 Å². The lowest BCUT2D eigenvalue weighted by molar-refractivity contribution is -0.137. The highest BCUT2D eigenvalue weighted by Gasteiger charge is 2.20. The maximum atomic E-state index is 13.6. The number of nitrogens with zero attached hydrogens (tertiary/aromatic N) is 1. The van der Waals surface area contributed by atoms with Gasteiger partial charge in [0.05, 0.1) is 5.69 Å². The highest BCUT2D eigenvalue weighted by molar-refractivity contribution is 5.98. The molecular weight excluding hydrogens is 291 g/mol. The van der Waals surface area contributed by atoms with E-state index in [1.165, 1.54) is 24.0 Å². The molecule has 1 aromatic carbocycles. The van der Waals surface area contributed by atoms with Crippen molar-refractivity contribution in [1.29, 1.82) is 0 Å². The SMILES string of the molecule is CC(=O)Nc1cc(C(=O)N(CC(=O)O)CC(C)C)ccc1F. The van der Waals surface area contributed by atoms with Gasteiger partial charge in [-0.25, -0.2) is 4.39 Å². The molecular formula is C15H19FN2O4. The van der Waals surface area contributed by atoms with Gasteiger partial charge in [-0.1, -0.05) is 13.8 Å². The van der Waals surface area contributed by atoms with Crippen LogP contribution in [0.25, 0.3) is 0 Å². The zero-order valence-corrected chi connectivity index (χ0v) is 12.7. The molecule has 7 heteroatoms. The normalized spacial score (nSPS) is 10.4. The molecule has 0 atom stereocenters. The van der Waals surface area contributed by atoms with Crippen LogP contribution in [0.1, 0.15) is 31.1 Å². The first-order chi connectivity index (χ1) is 10.2. The molecule has 0 radical (unpaired) electrons. The number of aliphatic carboxylic acids is 1. The number of anilines is 1. The van der Waals surface area contributed by atoms with E-state index in [1.54, 1.807) is 0 Å². The predicted molar refractivity (Wildman–Crippen MR) is 79.1 cm³/mol. The lowest BCUT2D eigenvalue weighted by Gasteiger charge is -2.23. The van der Waals surface area contributed by atoms with E-state index < -0.39 is 30.1 Å². The Morgan fingerprint density at radius 2 is 1.95 bits per heavy atom. The van der Waals surface area contributed by atoms with Crippen LogP contribution in [0.3, 0.4) is 0 Å². The van der Waals surface area contributed by atoms with E-state index in [2.05, 4.69) is 5.32 Å². The predicted octanol–water partition coefficient (Wildman–Crippen LogP) is 1.97. The minimum absolute atomic E-state index is 0.0820. The summed E-state index contributed by atoms with van der Waals surface area (Å²) in [5.74, 6) is -2.70. The summed E-state index contributed by atoms with van der Waals surface area (Å²) in [5.41, 5.74) is 0.00484. The number of carbonyl (C=O) groups is 3. The van der Waals surface area contributed by atoms with E-state index >= 15 is 0 Å². The van der Waals surface area contributed by atoms with Gasteiger partial charge >= 0.3 is 5.97 Å². The first kappa shape index (κ1) is 17.6. The molecule has 0 spiro atoms. The van der Waals surface area contributed by atoms with Gasteiger partial charge in [-0.2, -0.15) is 0 Å². The zero-order chi connectivity index (χ0) is 16.9. The molecule has 22 heavy (non-hydrogen) atoms. The molecule has 1 aromatic rings. The second-order valence-electron chi connectivity index (χ2n) is 5.35. The Morgan fingerprint density at radius 3 is 2.45 bits per heavy atom. The van der Waals surface area contributed by atoms with Crippen molar-refractivity contribution in [3.8, 4) is 0 Å². The summed E-state index contributed by atoms with van der Waals surface area (Å²) in [4.78, 5) is 35.5. The minimum atomic E-state index is -1.13. The number of carboxylic acid groups (broad SMARTS) is 1. The molecule has 2 amide bonds. The van der Waals surface area contributed by atoms with Crippen LogP contribution in [0, 0.1) is 11.7 Å². The third-order valence-electron chi connectivity index (χ3n) is 2.72. The number of hydrogen-bond donors (Lipinski definition) is 2. The summed E-state index contributed by atoms with van der Waals surface area (Å²) in [5, 5.41) is 11.2. The molecule has 2 N–H and O–H groups in total. The van der Waals surface area contributed by atoms with Crippen molar-refractivity contribution < 1.29 is 23.9 Å². The standard InChI is InChI=1S/C15H19FN2O4/c1-9(2)7-18(8-14(20)21)15(22)11-4-5-12(16)13(6-11)17-10(3)19/h4-6,9H,7-8H2,1-3H3,(H,17,19)(H,20,21). The fourth-order valence-corrected chi connectivity index (χ4v) is 1.95. The summed E-state index contributed by atoms with van der Waals surface area (Å²) in [6.45, 7) is 4.76. The van der Waals surface area contributed by atoms with Crippen molar-refractivity contribution >= 4 is 23.5 Å². The van der Waals surface area contributed by atoms with Crippen LogP contribution < -0.4 is 5.32 Å². The Hall–Kier alpha value is -2.44. The molecule has 0 aliphatic rings. The molecule has 1 rings (SSSR count). The second-order valence-corrected chi connectivity index (χ2v) is 5.35. The van der Waals surface area contributed by atoms with E-state index in [1.807, 2.05) is 13.8 Å². The number of carbonyl (C=O) groups excluding carboxylic acids is 2. The van der Waals surface area contributed by atoms with Gasteiger partial charge in [0.25, 0.3) is 5.91 Å². The molecule has 0 saturated heterocycles. The number of benzene rings is 1. The Bertz CT molecular complexity index is 587. The lowest BCUT2D eigenvalue weighted by atomic mass is 10.1. The first-order valence-corrected chi connectivity index (χ1v) is 6.79. The van der Waals surface area contributed by atoms with Gasteiger partial charge in [0.2, 0.25) is 5.91 Å². The second kappa shape index (κ2) is 7.53. The Morgan fingerprint density at radius 1 is 1.32 bits per heavy atom. The van der Waals surface area contributed by atoms with Crippen molar-refractivity contribution in [2.75, 3.05) is 18.4 Å². The van der Waals surface area contributed by atoms with Gasteiger partial charge in [0.1, 0.15) is 12.4 Å². The van der Waals surface area contributed by atoms with Gasteiger partial charge in [-0.15, -0.1) is 0 Å². The monoisotopic (exact) mass is 310 g/mol. The van der Waals surface area contributed by atoms with Crippen LogP contribution in [0.4, 0.5) is 10.1 Å². The number of amides is 2. The van der Waals surface area contributed by atoms with Crippen molar-refractivity contribution in [1.82, 2.24) is 4.90 Å². The topological polar surface area (TPSA) is 86.7 Å². The van der Waals surface area contributed by atoms with E-state index in [0.717, 1.165) is 6.07 Å². The highest BCUT2D eigenvalue weighted by Crippen LogP contribution is 2.18. The molecule has 120 valence electrons. The molecule has 0 heterocycles. The molecule has 0 bridgehead atoms. The Balaban J connectivity index is 3.07. The van der Waals surface area contributed by atoms with Gasteiger partial charge in [-0.05, 0) is 24.1 Å². The number of carboxylic acids is 1. The Labute approximate surface area is 127 Å². The van der Waals surface area contributed by atoms with Gasteiger partial charge in [0, 0.05) is 19.0 Å². The number of halogens is 1. The van der Waals surface area contributed by atoms with Crippen molar-refractivity contribution in [2.24, 2.45) is 5.92 Å². The number of nitrogens with one attached hydrogen (secondary N) is 1. The van der Waals surface area contributed by atoms with Gasteiger partial charge in [-0.3, -0.25) is 14.4 Å². The third-order valence-corrected chi connectivity index (χ3v) is 2.72. The molecule has 0 fully saturated rings. The van der Waals surface area contributed by atoms with Crippen molar-refractivity contribution in [3.05, 3.63) is 29.6 Å². The molecule has 0 saturated carbocycles. The molecule has 0 aliphatic heterocycles. The minimum Gasteiger partial charge on any atom is -0.480 e. The van der Waals surface area contributed by atoms with E-state index in [9.17, 15) is 18.8 Å². The maximum absolute atomic E-state index is 13.6. The van der Waals surface area contributed by atoms with Crippen molar-refractivity contribution in [2.45, 2.75) is 20.8 Å². The number of rotatable bonds is 6. The highest BCUT2D eigenvalue weighted by atomic mass is 19.1. The number of hydrogen-bond acceptors (Lipinski definition) is 3. The van der Waals surface area contributed by atoms with Crippen molar-refractivity contribution in [3.63, 3.8) is 0 Å². The average Bonchev–Trinajstić information content (AvgIpc) is 2.38. The van der Waals surface area contributed by atoms with Gasteiger partial charge < -0.3 is 15.3 Å². The van der Waals surface area contributed by atoms with E-state index in [-0.39, 0.29) is 23.7 Å². The average molecular weight is 310 g/mol. The van der Waals surface area contributed by atoms with E-state index in [4.69, 9.17) is 5.11 Å². The van der Waals surface area contributed by atoms with Crippen LogP contribution in [-0.4, -0.2) is 40.9 Å². The van der Waals surface area contributed by atoms with Gasteiger partial charge in [0.15, 0.2) is 0 Å². The summed E-state index contributed by atoms with van der Waals surface area (Å²) in [7, 11) is 0. The fraction of sp³-hybridized carbons (Fsp3) is 0.400. The smallest absolute Gasteiger partial charge is 0.323 e. The Kier molecular flexibility index (Phi) is 6.03. The maximum Gasteiger partial charge on any atom is 0.323 e. The molecule has 0 aromatic heterocycles. The molecule has 6 nitrogen and oxygen atoms in total. The summed E-state index contributed by atoms with van der Waals surface area (Å²) in [6.07, 6.45) is 0. The lowest BCUT2D eigenvalue weighted by Crippen LogP contribution is -2.38. The third kappa shape index (κ3) is 5.16. The quantitative estimate of drug-likeness (QED) is 0.841. The molecule has 0 aliphatic carbocycles. The first-order valence-electron chi connectivity index (χ1n) is 6.79. The fourth-order valence-electron chi connectivity index (χ4n) is 1.95. The summed E-state index contributed by atoms with van der Waals surface area (Å²) >= 11 is 0. The van der Waals surface area contributed by atoms with E-state index in [0.29, 0.717) is 0 Å². The van der Waals surface area contributed by atoms with Crippen LogP contribution in [0.5, 0.6) is 0 Å². The molecule has 0 unspecified atom stereocenters. The summed E-state index contributed by atoms with van der Waals surface area (Å²) in [6, 6.07) is 3.53.